The zero-order chi connectivity index (χ0) is 16.0. The van der Waals surface area contributed by atoms with E-state index >= 15 is 0 Å². The van der Waals surface area contributed by atoms with Crippen LogP contribution in [0.2, 0.25) is 0 Å². The van der Waals surface area contributed by atoms with Gasteiger partial charge in [0.15, 0.2) is 0 Å². The number of para-hydroxylation sites is 1. The molecule has 6 heteroatoms. The second kappa shape index (κ2) is 5.45. The van der Waals surface area contributed by atoms with Crippen molar-refractivity contribution in [2.45, 2.75) is 0 Å². The Morgan fingerprint density at radius 1 is 1.17 bits per heavy atom. The summed E-state index contributed by atoms with van der Waals surface area (Å²) in [5.74, 6) is 2.25. The van der Waals surface area contributed by atoms with E-state index in [2.05, 4.69) is 29.2 Å². The van der Waals surface area contributed by atoms with Gasteiger partial charge < -0.3 is 9.80 Å². The van der Waals surface area contributed by atoms with Crippen molar-refractivity contribution in [3.63, 3.8) is 0 Å². The smallest absolute Gasteiger partial charge is 0.256 e. The van der Waals surface area contributed by atoms with Crippen LogP contribution in [0.1, 0.15) is 10.4 Å². The molecule has 1 amide bonds. The molecule has 1 aliphatic heterocycles. The van der Waals surface area contributed by atoms with Crippen molar-refractivity contribution in [3.8, 4) is 5.69 Å². The number of likely N-dealkylation sites (tertiary alicyclic amines) is 1. The lowest BCUT2D eigenvalue weighted by Gasteiger charge is -2.22. The van der Waals surface area contributed by atoms with E-state index in [1.54, 1.807) is 17.2 Å². The second-order valence-electron chi connectivity index (χ2n) is 6.85. The Kier molecular flexibility index (Phi) is 3.41. The van der Waals surface area contributed by atoms with E-state index in [1.807, 2.05) is 29.2 Å². The van der Waals surface area contributed by atoms with Crippen LogP contribution < -0.4 is 0 Å². The molecule has 2 aliphatic rings. The van der Waals surface area contributed by atoms with Gasteiger partial charge in [0.1, 0.15) is 12.7 Å². The van der Waals surface area contributed by atoms with Crippen molar-refractivity contribution in [2.75, 3.05) is 33.7 Å². The van der Waals surface area contributed by atoms with Crippen LogP contribution in [0.25, 0.3) is 5.69 Å². The van der Waals surface area contributed by atoms with Crippen LogP contribution in [-0.2, 0) is 0 Å². The molecule has 4 rings (SSSR count). The summed E-state index contributed by atoms with van der Waals surface area (Å²) in [7, 11) is 4.23. The van der Waals surface area contributed by atoms with Gasteiger partial charge in [-0.25, -0.2) is 0 Å². The van der Waals surface area contributed by atoms with Crippen molar-refractivity contribution in [1.29, 1.82) is 0 Å². The molecular weight excluding hydrogens is 290 g/mol. The molecule has 23 heavy (non-hydrogen) atoms. The number of hydrogen-bond acceptors (Lipinski definition) is 4. The third-order valence-corrected chi connectivity index (χ3v) is 5.07. The second-order valence-corrected chi connectivity index (χ2v) is 6.85. The van der Waals surface area contributed by atoms with E-state index < -0.39 is 0 Å². The molecule has 2 aromatic rings. The van der Waals surface area contributed by atoms with Gasteiger partial charge in [-0.05, 0) is 44.0 Å². The van der Waals surface area contributed by atoms with Crippen LogP contribution >= 0.6 is 0 Å². The summed E-state index contributed by atoms with van der Waals surface area (Å²) in [5.41, 5.74) is 1.56. The van der Waals surface area contributed by atoms with Gasteiger partial charge in [-0.3, -0.25) is 9.36 Å². The predicted octanol–water partition coefficient (Wildman–Crippen LogP) is 1.15. The molecule has 1 aromatic heterocycles. The highest BCUT2D eigenvalue weighted by Crippen LogP contribution is 2.52. The van der Waals surface area contributed by atoms with Crippen molar-refractivity contribution in [2.24, 2.45) is 17.8 Å². The number of hydrogen-bond donors (Lipinski definition) is 0. The fourth-order valence-electron chi connectivity index (χ4n) is 3.88. The highest BCUT2D eigenvalue weighted by atomic mass is 16.2. The highest BCUT2D eigenvalue weighted by Gasteiger charge is 2.56. The predicted molar refractivity (Wildman–Crippen MR) is 86.3 cm³/mol. The zero-order valence-corrected chi connectivity index (χ0v) is 13.5. The third kappa shape index (κ3) is 2.53. The summed E-state index contributed by atoms with van der Waals surface area (Å²) >= 11 is 0. The van der Waals surface area contributed by atoms with Gasteiger partial charge in [0.25, 0.3) is 5.91 Å². The average molecular weight is 311 g/mol. The highest BCUT2D eigenvalue weighted by molar-refractivity contribution is 5.98. The summed E-state index contributed by atoms with van der Waals surface area (Å²) in [5, 5.41) is 7.67. The first kappa shape index (κ1) is 14.4. The number of carbonyl (C=O) groups excluding carboxylic acids is 1. The molecule has 1 saturated heterocycles. The Balaban J connectivity index is 1.50. The summed E-state index contributed by atoms with van der Waals surface area (Å²) < 4.78 is 1.79. The Labute approximate surface area is 135 Å². The van der Waals surface area contributed by atoms with Crippen LogP contribution in [0.5, 0.6) is 0 Å². The molecule has 0 bridgehead atoms. The molecule has 120 valence electrons. The molecule has 6 nitrogen and oxygen atoms in total. The van der Waals surface area contributed by atoms with Gasteiger partial charge in [0.05, 0.1) is 11.3 Å². The first-order valence-corrected chi connectivity index (χ1v) is 8.03. The Morgan fingerprint density at radius 3 is 2.48 bits per heavy atom. The number of amides is 1. The zero-order valence-electron chi connectivity index (χ0n) is 13.5. The van der Waals surface area contributed by atoms with Gasteiger partial charge in [-0.1, -0.05) is 12.1 Å². The third-order valence-electron chi connectivity index (χ3n) is 5.07. The number of nitrogens with zero attached hydrogens (tertiary/aromatic N) is 5. The van der Waals surface area contributed by atoms with Crippen LogP contribution in [0, 0.1) is 17.8 Å². The van der Waals surface area contributed by atoms with Gasteiger partial charge in [0, 0.05) is 19.6 Å². The molecule has 1 aliphatic carbocycles. The van der Waals surface area contributed by atoms with Gasteiger partial charge >= 0.3 is 0 Å². The number of fused-ring (bicyclic) bond motifs is 1. The van der Waals surface area contributed by atoms with Gasteiger partial charge in [-0.2, -0.15) is 0 Å². The fraction of sp³-hybridized carbons (Fsp3) is 0.471. The monoisotopic (exact) mass is 311 g/mol. The van der Waals surface area contributed by atoms with E-state index in [1.165, 1.54) is 0 Å². The van der Waals surface area contributed by atoms with E-state index in [4.69, 9.17) is 0 Å². The van der Waals surface area contributed by atoms with E-state index in [-0.39, 0.29) is 5.91 Å². The van der Waals surface area contributed by atoms with Crippen LogP contribution in [0.3, 0.4) is 0 Å². The molecular formula is C17H21N5O. The summed E-state index contributed by atoms with van der Waals surface area (Å²) in [6.45, 7) is 2.91. The fourth-order valence-corrected chi connectivity index (χ4v) is 3.88. The van der Waals surface area contributed by atoms with Crippen LogP contribution in [-0.4, -0.2) is 64.2 Å². The molecule has 1 saturated carbocycles. The van der Waals surface area contributed by atoms with Crippen molar-refractivity contribution in [1.82, 2.24) is 24.6 Å². The first-order valence-electron chi connectivity index (χ1n) is 8.03. The molecule has 0 radical (unpaired) electrons. The van der Waals surface area contributed by atoms with Gasteiger partial charge in [-0.15, -0.1) is 10.2 Å². The Morgan fingerprint density at radius 2 is 1.83 bits per heavy atom. The van der Waals surface area contributed by atoms with Gasteiger partial charge in [0.2, 0.25) is 0 Å². The van der Waals surface area contributed by atoms with Crippen molar-refractivity contribution in [3.05, 3.63) is 42.5 Å². The summed E-state index contributed by atoms with van der Waals surface area (Å²) in [4.78, 5) is 17.2. The molecule has 0 N–H and O–H groups in total. The molecule has 1 aromatic carbocycles. The minimum Gasteiger partial charge on any atom is -0.338 e. The standard InChI is InChI=1S/C17H21N5O/c1-20(2)7-13-14-8-21(9-15(13)14)17(23)12-5-3-4-6-16(12)22-10-18-19-11-22/h3-6,10-11,13-15H,7-9H2,1-2H3/t13?,14-,15+. The Bertz CT molecular complexity index is 700. The summed E-state index contributed by atoms with van der Waals surface area (Å²) in [6, 6.07) is 7.66. The maximum atomic E-state index is 12.9. The largest absolute Gasteiger partial charge is 0.338 e. The molecule has 3 atom stereocenters. The SMILES string of the molecule is CN(C)CC1[C@H]2CN(C(=O)c3ccccc3-n3cnnc3)C[C@@H]12. The number of carbonyl (C=O) groups is 1. The van der Waals surface area contributed by atoms with Crippen molar-refractivity contribution < 1.29 is 4.79 Å². The maximum Gasteiger partial charge on any atom is 0.256 e. The van der Waals surface area contributed by atoms with E-state index in [9.17, 15) is 4.79 Å². The Hall–Kier alpha value is -2.21. The number of aromatic nitrogens is 3. The normalized spacial score (nSPS) is 25.7. The minimum absolute atomic E-state index is 0.116. The lowest BCUT2D eigenvalue weighted by atomic mass is 10.1. The maximum absolute atomic E-state index is 12.9. The number of rotatable bonds is 4. The minimum atomic E-state index is 0.116. The lowest BCUT2D eigenvalue weighted by Crippen LogP contribution is -2.33. The van der Waals surface area contributed by atoms with Crippen LogP contribution in [0.15, 0.2) is 36.9 Å². The number of benzene rings is 1. The van der Waals surface area contributed by atoms with E-state index in [0.717, 1.165) is 36.8 Å². The molecule has 0 spiro atoms. The van der Waals surface area contributed by atoms with Crippen LogP contribution in [0.4, 0.5) is 0 Å². The number of piperidine rings is 1. The quantitative estimate of drug-likeness (QED) is 0.850. The molecule has 2 heterocycles. The topological polar surface area (TPSA) is 54.3 Å². The van der Waals surface area contributed by atoms with Crippen molar-refractivity contribution >= 4 is 5.91 Å². The summed E-state index contributed by atoms with van der Waals surface area (Å²) in [6.07, 6.45) is 3.25. The van der Waals surface area contributed by atoms with E-state index in [0.29, 0.717) is 11.8 Å². The molecule has 1 unspecified atom stereocenters. The first-order chi connectivity index (χ1) is 11.1. The molecule has 2 fully saturated rings. The lowest BCUT2D eigenvalue weighted by molar-refractivity contribution is 0.0765. The average Bonchev–Trinajstić information content (AvgIpc) is 2.99.